The number of unbranched alkanes of at least 4 members (excludes halogenated alkanes) is 2. The minimum atomic E-state index is -1.36. The van der Waals surface area contributed by atoms with Crippen LogP contribution in [0, 0.1) is 5.92 Å². The molecule has 0 aliphatic carbocycles. The van der Waals surface area contributed by atoms with E-state index in [4.69, 9.17) is 29.8 Å². The Bertz CT molecular complexity index is 1540. The van der Waals surface area contributed by atoms with Crippen LogP contribution in [0.2, 0.25) is 0 Å². The Kier molecular flexibility index (Phi) is 23.9. The fourth-order valence-corrected chi connectivity index (χ4v) is 5.28. The smallest absolute Gasteiger partial charge is 0.450 e. The van der Waals surface area contributed by atoms with E-state index in [1.165, 1.54) is 12.2 Å². The summed E-state index contributed by atoms with van der Waals surface area (Å²) in [7, 11) is 0. The quantitative estimate of drug-likeness (QED) is 0.0325. The SMILES string of the molecule is CC(C)[C@H](NC(=O)CCCCCN1C(=O)C=CC1=O)C(=O)N[C@@H](CCCNC(N)=O)C(=O)Nc1ccc(COC(=O)NCCOCCOCCOCCOC(=O)O)cc1. The van der Waals surface area contributed by atoms with Gasteiger partial charge in [-0.2, -0.15) is 0 Å². The van der Waals surface area contributed by atoms with Gasteiger partial charge in [0.1, 0.15) is 25.3 Å². The van der Waals surface area contributed by atoms with E-state index >= 15 is 0 Å². The van der Waals surface area contributed by atoms with Crippen molar-refractivity contribution in [3.8, 4) is 0 Å². The molecule has 328 valence electrons. The highest BCUT2D eigenvalue weighted by atomic mass is 16.7. The maximum Gasteiger partial charge on any atom is 0.505 e. The number of benzene rings is 1. The summed E-state index contributed by atoms with van der Waals surface area (Å²) in [5.74, 6) is -2.51. The lowest BCUT2D eigenvalue weighted by molar-refractivity contribution is -0.137. The minimum absolute atomic E-state index is 0.0501. The summed E-state index contributed by atoms with van der Waals surface area (Å²) in [6.45, 7) is 5.54. The number of imide groups is 1. The second-order valence-electron chi connectivity index (χ2n) is 13.4. The summed E-state index contributed by atoms with van der Waals surface area (Å²) >= 11 is 0. The maximum absolute atomic E-state index is 13.4. The number of amides is 8. The number of rotatable bonds is 30. The lowest BCUT2D eigenvalue weighted by atomic mass is 10.0. The third kappa shape index (κ3) is 22.1. The van der Waals surface area contributed by atoms with Crippen LogP contribution in [0.4, 0.5) is 20.1 Å². The zero-order chi connectivity index (χ0) is 43.4. The van der Waals surface area contributed by atoms with Gasteiger partial charge in [0.25, 0.3) is 11.8 Å². The van der Waals surface area contributed by atoms with Gasteiger partial charge in [0.2, 0.25) is 17.7 Å². The number of urea groups is 1. The van der Waals surface area contributed by atoms with Gasteiger partial charge in [-0.15, -0.1) is 0 Å². The summed E-state index contributed by atoms with van der Waals surface area (Å²) < 4.78 is 25.4. The maximum atomic E-state index is 13.4. The van der Waals surface area contributed by atoms with Gasteiger partial charge in [0.05, 0.1) is 39.6 Å². The number of nitrogens with one attached hydrogen (secondary N) is 5. The number of anilines is 1. The van der Waals surface area contributed by atoms with Gasteiger partial charge in [-0.05, 0) is 49.3 Å². The van der Waals surface area contributed by atoms with Gasteiger partial charge in [0.15, 0.2) is 0 Å². The lowest BCUT2D eigenvalue weighted by Gasteiger charge is -2.25. The predicted molar refractivity (Wildman–Crippen MR) is 210 cm³/mol. The Hall–Kier alpha value is -5.80. The van der Waals surface area contributed by atoms with E-state index in [0.717, 1.165) is 4.90 Å². The van der Waals surface area contributed by atoms with Crippen molar-refractivity contribution in [1.82, 2.24) is 26.2 Å². The van der Waals surface area contributed by atoms with Crippen LogP contribution in [0.25, 0.3) is 0 Å². The summed E-state index contributed by atoms with van der Waals surface area (Å²) in [4.78, 5) is 97.6. The molecule has 1 heterocycles. The number of hydrogen-bond acceptors (Lipinski definition) is 13. The summed E-state index contributed by atoms with van der Waals surface area (Å²) in [5.41, 5.74) is 6.19. The van der Waals surface area contributed by atoms with Gasteiger partial charge >= 0.3 is 18.3 Å². The van der Waals surface area contributed by atoms with E-state index in [-0.39, 0.29) is 95.8 Å². The molecule has 0 saturated carbocycles. The van der Waals surface area contributed by atoms with Crippen molar-refractivity contribution >= 4 is 53.5 Å². The molecule has 0 radical (unpaired) electrons. The number of carbonyl (C=O) groups is 8. The van der Waals surface area contributed by atoms with E-state index in [1.54, 1.807) is 38.1 Å². The van der Waals surface area contributed by atoms with Crippen LogP contribution in [0.5, 0.6) is 0 Å². The molecule has 2 atom stereocenters. The highest BCUT2D eigenvalue weighted by Gasteiger charge is 2.29. The molecule has 8 N–H and O–H groups in total. The Morgan fingerprint density at radius 3 is 1.97 bits per heavy atom. The number of nitrogens with zero attached hydrogens (tertiary/aromatic N) is 1. The lowest BCUT2D eigenvalue weighted by Crippen LogP contribution is -2.54. The number of hydrogen-bond donors (Lipinski definition) is 7. The van der Waals surface area contributed by atoms with Crippen molar-refractivity contribution in [2.24, 2.45) is 11.7 Å². The molecule has 0 aromatic heterocycles. The molecule has 21 heteroatoms. The monoisotopic (exact) mass is 835 g/mol. The Morgan fingerprint density at radius 1 is 0.729 bits per heavy atom. The van der Waals surface area contributed by atoms with Crippen LogP contribution >= 0.6 is 0 Å². The number of alkyl carbamates (subject to hydrolysis) is 1. The molecule has 8 amide bonds. The molecule has 0 fully saturated rings. The zero-order valence-electron chi connectivity index (χ0n) is 33.5. The van der Waals surface area contributed by atoms with E-state index in [1.807, 2.05) is 0 Å². The molecule has 1 aromatic carbocycles. The van der Waals surface area contributed by atoms with Crippen molar-refractivity contribution in [1.29, 1.82) is 0 Å². The second-order valence-corrected chi connectivity index (χ2v) is 13.4. The van der Waals surface area contributed by atoms with Crippen LogP contribution in [0.1, 0.15) is 57.9 Å². The first kappa shape index (κ1) is 49.3. The Labute approximate surface area is 342 Å². The topological polar surface area (TPSA) is 292 Å². The van der Waals surface area contributed by atoms with E-state index < -0.39 is 42.2 Å². The number of carboxylic acid groups (broad SMARTS) is 1. The van der Waals surface area contributed by atoms with Crippen LogP contribution < -0.4 is 32.3 Å². The summed E-state index contributed by atoms with van der Waals surface area (Å²) in [6, 6.07) is 3.79. The molecule has 2 rings (SSSR count). The van der Waals surface area contributed by atoms with Gasteiger partial charge in [-0.3, -0.25) is 28.9 Å². The van der Waals surface area contributed by atoms with Gasteiger partial charge in [0, 0.05) is 43.9 Å². The van der Waals surface area contributed by atoms with Crippen molar-refractivity contribution in [2.75, 3.05) is 71.2 Å². The molecular weight excluding hydrogens is 778 g/mol. The Morgan fingerprint density at radius 2 is 1.36 bits per heavy atom. The molecule has 1 aliphatic heterocycles. The fraction of sp³-hybridized carbons (Fsp3) is 0.579. The molecule has 0 saturated heterocycles. The van der Waals surface area contributed by atoms with E-state index in [9.17, 15) is 38.4 Å². The third-order valence-corrected chi connectivity index (χ3v) is 8.36. The van der Waals surface area contributed by atoms with Crippen LogP contribution in [0.15, 0.2) is 36.4 Å². The molecule has 1 aliphatic rings. The van der Waals surface area contributed by atoms with Gasteiger partial charge in [-0.1, -0.05) is 32.4 Å². The first-order chi connectivity index (χ1) is 28.3. The summed E-state index contributed by atoms with van der Waals surface area (Å²) in [6.07, 6.45) is 2.57. The van der Waals surface area contributed by atoms with Crippen LogP contribution in [-0.4, -0.2) is 136 Å². The molecule has 0 bridgehead atoms. The average molecular weight is 836 g/mol. The molecule has 0 unspecified atom stereocenters. The summed E-state index contributed by atoms with van der Waals surface area (Å²) in [5, 5.41) is 21.6. The van der Waals surface area contributed by atoms with Crippen molar-refractivity contribution in [3.63, 3.8) is 0 Å². The number of ether oxygens (including phenoxy) is 5. The standard InChI is InChI=1S/C38H57N7O14/c1-26(2)33(44-30(46)8-4-3-5-17-45-31(47)13-14-32(45)48)35(50)43-29(7-6-15-40-36(39)51)34(49)42-28-11-9-27(10-12-28)25-59-37(52)41-16-18-55-19-20-56-21-22-57-23-24-58-38(53)54/h9-14,26,29,33H,3-8,15-25H2,1-2H3,(H,41,52)(H,42,49)(H,43,50)(H,44,46)(H,53,54)(H3,39,40,51)/t29-,33-/m0/s1. The molecule has 59 heavy (non-hydrogen) atoms. The average Bonchev–Trinajstić information content (AvgIpc) is 3.51. The Balaban J connectivity index is 1.76. The number of carbonyl (C=O) groups excluding carboxylic acids is 7. The fourth-order valence-electron chi connectivity index (χ4n) is 5.28. The predicted octanol–water partition coefficient (Wildman–Crippen LogP) is 1.16. The minimum Gasteiger partial charge on any atom is -0.450 e. The van der Waals surface area contributed by atoms with Gasteiger partial charge in [-0.25, -0.2) is 14.4 Å². The van der Waals surface area contributed by atoms with Crippen molar-refractivity contribution in [3.05, 3.63) is 42.0 Å². The van der Waals surface area contributed by atoms with Gasteiger partial charge < -0.3 is 61.1 Å². The largest absolute Gasteiger partial charge is 0.505 e. The first-order valence-electron chi connectivity index (χ1n) is 19.3. The molecular formula is C38H57N7O14. The number of nitrogens with two attached hydrogens (primary N) is 1. The highest BCUT2D eigenvalue weighted by molar-refractivity contribution is 6.12. The highest BCUT2D eigenvalue weighted by Crippen LogP contribution is 2.13. The first-order valence-corrected chi connectivity index (χ1v) is 19.3. The van der Waals surface area contributed by atoms with Crippen molar-refractivity contribution < 1.29 is 67.1 Å². The molecule has 1 aromatic rings. The molecule has 0 spiro atoms. The normalized spacial score (nSPS) is 13.1. The van der Waals surface area contributed by atoms with E-state index in [0.29, 0.717) is 50.1 Å². The van der Waals surface area contributed by atoms with Crippen LogP contribution in [-0.2, 0) is 54.3 Å². The molecule has 21 nitrogen and oxygen atoms in total. The third-order valence-electron chi connectivity index (χ3n) is 8.36. The second kappa shape index (κ2) is 28.6. The van der Waals surface area contributed by atoms with E-state index in [2.05, 4.69) is 31.3 Å². The van der Waals surface area contributed by atoms with Crippen molar-refractivity contribution in [2.45, 2.75) is 71.1 Å². The number of primary amides is 1. The zero-order valence-corrected chi connectivity index (χ0v) is 33.5. The van der Waals surface area contributed by atoms with Crippen LogP contribution in [0.3, 0.4) is 0 Å².